The van der Waals surface area contributed by atoms with Gasteiger partial charge in [0.2, 0.25) is 0 Å². The van der Waals surface area contributed by atoms with Gasteiger partial charge in [-0.2, -0.15) is 0 Å². The van der Waals surface area contributed by atoms with Crippen LogP contribution in [-0.2, 0) is 19.0 Å². The van der Waals surface area contributed by atoms with Crippen molar-refractivity contribution in [3.63, 3.8) is 0 Å². The number of aliphatic hydroxyl groups excluding tert-OH is 1. The van der Waals surface area contributed by atoms with E-state index in [2.05, 4.69) is 0 Å². The van der Waals surface area contributed by atoms with E-state index in [4.69, 9.17) is 28.5 Å². The summed E-state index contributed by atoms with van der Waals surface area (Å²) in [4.78, 5) is 22.6. The summed E-state index contributed by atoms with van der Waals surface area (Å²) in [6, 6.07) is 1.30. The van der Waals surface area contributed by atoms with E-state index in [1.807, 2.05) is 13.8 Å². The van der Waals surface area contributed by atoms with Gasteiger partial charge in [-0.05, 0) is 33.3 Å². The average Bonchev–Trinajstić information content (AvgIpc) is 2.98. The number of hydrogen-bond acceptors (Lipinski definition) is 8. The third-order valence-electron chi connectivity index (χ3n) is 6.64. The fourth-order valence-corrected chi connectivity index (χ4v) is 4.86. The quantitative estimate of drug-likeness (QED) is 0.476. The molecule has 0 spiro atoms. The Labute approximate surface area is 204 Å². The molecule has 9 heteroatoms. The summed E-state index contributed by atoms with van der Waals surface area (Å²) in [6.07, 6.45) is 8.33. The molecule has 3 heterocycles. The van der Waals surface area contributed by atoms with Gasteiger partial charge >= 0.3 is 11.6 Å². The highest BCUT2D eigenvalue weighted by atomic mass is 16.7. The molecule has 0 saturated carbocycles. The number of methoxy groups -OCH3 is 1. The molecule has 2 saturated heterocycles. The second kappa shape index (κ2) is 10.9. The first-order valence-corrected chi connectivity index (χ1v) is 11.6. The Bertz CT molecular complexity index is 1050. The molecule has 2 bridgehead atoms. The number of allylic oxidation sites excluding steroid dienone is 4. The smallest absolute Gasteiger partial charge is 0.339 e. The number of hydrogen-bond donors (Lipinski definition) is 2. The van der Waals surface area contributed by atoms with Crippen molar-refractivity contribution in [3.8, 4) is 5.75 Å². The van der Waals surface area contributed by atoms with Crippen molar-refractivity contribution in [2.75, 3.05) is 13.7 Å². The summed E-state index contributed by atoms with van der Waals surface area (Å²) in [5.74, 6) is -0.0888. The van der Waals surface area contributed by atoms with Crippen molar-refractivity contribution < 1.29 is 38.4 Å². The second-order valence-electron chi connectivity index (χ2n) is 9.06. The van der Waals surface area contributed by atoms with E-state index in [9.17, 15) is 14.7 Å². The van der Waals surface area contributed by atoms with Gasteiger partial charge in [-0.25, -0.2) is 4.79 Å². The maximum atomic E-state index is 11.6. The van der Waals surface area contributed by atoms with Gasteiger partial charge in [0.05, 0.1) is 32.3 Å². The number of ether oxygens (including phenoxy) is 4. The molecule has 0 aliphatic carbocycles. The Hall–Kier alpha value is -2.72. The molecule has 2 aliphatic rings. The van der Waals surface area contributed by atoms with Gasteiger partial charge in [0.15, 0.2) is 0 Å². The van der Waals surface area contributed by atoms with E-state index < -0.39 is 41.1 Å². The summed E-state index contributed by atoms with van der Waals surface area (Å²) in [5, 5.41) is 20.0. The average molecular weight is 491 g/mol. The lowest BCUT2D eigenvalue weighted by atomic mass is 9.77. The molecule has 1 aromatic heterocycles. The Balaban J connectivity index is 1.71. The van der Waals surface area contributed by atoms with E-state index >= 15 is 0 Å². The van der Waals surface area contributed by atoms with Crippen molar-refractivity contribution in [2.24, 2.45) is 0 Å². The molecule has 2 fully saturated rings. The number of carboxylic acid groups (broad SMARTS) is 1. The molecule has 1 aromatic rings. The topological polar surface area (TPSA) is 125 Å². The molecular formula is C26H34O9. The van der Waals surface area contributed by atoms with Crippen LogP contribution in [0.2, 0.25) is 0 Å². The van der Waals surface area contributed by atoms with Crippen LogP contribution in [-0.4, -0.2) is 65.5 Å². The zero-order valence-electron chi connectivity index (χ0n) is 20.7. The number of aliphatic hydroxyl groups is 1. The molecule has 35 heavy (non-hydrogen) atoms. The lowest BCUT2D eigenvalue weighted by Crippen LogP contribution is -2.65. The fourth-order valence-electron chi connectivity index (χ4n) is 4.86. The van der Waals surface area contributed by atoms with Crippen LogP contribution in [0, 0.1) is 6.92 Å². The Morgan fingerprint density at radius 3 is 2.54 bits per heavy atom. The number of carboxylic acids is 1. The molecule has 0 radical (unpaired) electrons. The molecule has 9 nitrogen and oxygen atoms in total. The number of fused-ring (bicyclic) bond motifs is 2. The normalized spacial score (nSPS) is 32.7. The number of carbonyl (C=O) groups is 1. The van der Waals surface area contributed by atoms with Gasteiger partial charge in [-0.1, -0.05) is 37.3 Å². The summed E-state index contributed by atoms with van der Waals surface area (Å²) >= 11 is 0. The Morgan fingerprint density at radius 1 is 1.17 bits per heavy atom. The van der Waals surface area contributed by atoms with Gasteiger partial charge in [-0.3, -0.25) is 4.79 Å². The SMILES string of the molecule is CC[C@H]1O[C@@]2(C)[C@H](OCCC(=O)O)[C@@]1(C)O[C@@H](/C=C/C=C/C=C/c1oc(=O)cc(OC)c1C)[C@@H]2O. The van der Waals surface area contributed by atoms with Crippen LogP contribution in [0.1, 0.15) is 44.9 Å². The number of rotatable bonds is 10. The molecular weight excluding hydrogens is 456 g/mol. The van der Waals surface area contributed by atoms with Crippen molar-refractivity contribution in [1.82, 2.24) is 0 Å². The van der Waals surface area contributed by atoms with Crippen molar-refractivity contribution in [1.29, 1.82) is 0 Å². The Kier molecular flexibility index (Phi) is 8.38. The zero-order valence-corrected chi connectivity index (χ0v) is 20.7. The van der Waals surface area contributed by atoms with Crippen molar-refractivity contribution in [3.05, 3.63) is 58.2 Å². The first-order chi connectivity index (χ1) is 16.6. The predicted molar refractivity (Wildman–Crippen MR) is 128 cm³/mol. The molecule has 2 N–H and O–H groups in total. The minimum Gasteiger partial charge on any atom is -0.496 e. The highest BCUT2D eigenvalue weighted by molar-refractivity contribution is 5.66. The summed E-state index contributed by atoms with van der Waals surface area (Å²) in [6.45, 7) is 7.43. The summed E-state index contributed by atoms with van der Waals surface area (Å²) in [5.41, 5.74) is -1.67. The highest BCUT2D eigenvalue weighted by Gasteiger charge is 2.68. The van der Waals surface area contributed by atoms with E-state index in [-0.39, 0.29) is 19.1 Å². The van der Waals surface area contributed by atoms with Gasteiger partial charge < -0.3 is 33.6 Å². The first-order valence-electron chi connectivity index (χ1n) is 11.6. The lowest BCUT2D eigenvalue weighted by molar-refractivity contribution is -0.239. The summed E-state index contributed by atoms with van der Waals surface area (Å²) < 4.78 is 28.8. The van der Waals surface area contributed by atoms with E-state index in [0.29, 0.717) is 23.5 Å². The lowest BCUT2D eigenvalue weighted by Gasteiger charge is -2.47. The molecule has 3 rings (SSSR count). The van der Waals surface area contributed by atoms with Gasteiger partial charge in [-0.15, -0.1) is 0 Å². The predicted octanol–water partition coefficient (Wildman–Crippen LogP) is 3.03. The highest BCUT2D eigenvalue weighted by Crippen LogP contribution is 2.51. The van der Waals surface area contributed by atoms with Crippen LogP contribution < -0.4 is 10.4 Å². The summed E-state index contributed by atoms with van der Waals surface area (Å²) in [7, 11) is 1.49. The second-order valence-corrected chi connectivity index (χ2v) is 9.06. The monoisotopic (exact) mass is 490 g/mol. The molecule has 2 aliphatic heterocycles. The molecule has 192 valence electrons. The Morgan fingerprint density at radius 2 is 1.89 bits per heavy atom. The van der Waals surface area contributed by atoms with Crippen LogP contribution in [0.4, 0.5) is 0 Å². The van der Waals surface area contributed by atoms with Gasteiger partial charge in [0.25, 0.3) is 0 Å². The molecule has 0 unspecified atom stereocenters. The third kappa shape index (κ3) is 5.43. The van der Waals surface area contributed by atoms with Crippen LogP contribution in [0.25, 0.3) is 6.08 Å². The maximum Gasteiger partial charge on any atom is 0.339 e. The van der Waals surface area contributed by atoms with Gasteiger partial charge in [0.1, 0.15) is 41.0 Å². The molecule has 6 atom stereocenters. The van der Waals surface area contributed by atoms with Crippen LogP contribution in [0.5, 0.6) is 5.75 Å². The van der Waals surface area contributed by atoms with Crippen LogP contribution in [0.15, 0.2) is 45.7 Å². The minimum absolute atomic E-state index is 0.00349. The number of aliphatic carboxylic acids is 1. The van der Waals surface area contributed by atoms with Crippen molar-refractivity contribution >= 4 is 12.0 Å². The van der Waals surface area contributed by atoms with Crippen molar-refractivity contribution in [2.45, 2.75) is 76.2 Å². The van der Waals surface area contributed by atoms with E-state index in [0.717, 1.165) is 0 Å². The fraction of sp³-hybridized carbons (Fsp3) is 0.538. The first kappa shape index (κ1) is 26.9. The maximum absolute atomic E-state index is 11.6. The minimum atomic E-state index is -1.05. The van der Waals surface area contributed by atoms with Gasteiger partial charge in [0, 0.05) is 5.56 Å². The van der Waals surface area contributed by atoms with E-state index in [1.54, 1.807) is 50.3 Å². The standard InChI is InChI=1S/C26H34O9/c1-6-20-25(3)24(32-14-13-21(27)28)26(4,35-20)23(30)18(34-25)12-10-8-7-9-11-17-16(2)19(31-5)15-22(29)33-17/h7-12,15,18,20,23-24,30H,6,13-14H2,1-5H3,(H,27,28)/b8-7+,11-9+,12-10+/t18-,20+,23-,24+,25-,26+/m0/s1. The van der Waals surface area contributed by atoms with Crippen LogP contribution in [0.3, 0.4) is 0 Å². The zero-order chi connectivity index (χ0) is 25.8. The molecule has 0 amide bonds. The third-order valence-corrected chi connectivity index (χ3v) is 6.64. The van der Waals surface area contributed by atoms with Crippen LogP contribution >= 0.6 is 0 Å². The molecule has 0 aromatic carbocycles. The largest absolute Gasteiger partial charge is 0.496 e. The van der Waals surface area contributed by atoms with E-state index in [1.165, 1.54) is 13.2 Å².